The average molecular weight is 1370 g/mol. The van der Waals surface area contributed by atoms with Crippen LogP contribution < -0.4 is 0 Å². The topological polar surface area (TPSA) is 237 Å². The van der Waals surface area contributed by atoms with Crippen molar-refractivity contribution in [2.45, 2.75) is 388 Å². The van der Waals surface area contributed by atoms with Crippen LogP contribution in [0.1, 0.15) is 370 Å². The number of hydrogen-bond acceptors (Lipinski definition) is 15. The van der Waals surface area contributed by atoms with Gasteiger partial charge in [-0.15, -0.1) is 0 Å². The van der Waals surface area contributed by atoms with Gasteiger partial charge in [0.25, 0.3) is 0 Å². The molecule has 0 fully saturated rings. The summed E-state index contributed by atoms with van der Waals surface area (Å²) in [5.41, 5.74) is 0. The molecule has 19 heteroatoms. The van der Waals surface area contributed by atoms with Crippen molar-refractivity contribution < 1.29 is 80.2 Å². The van der Waals surface area contributed by atoms with Crippen LogP contribution in [-0.2, 0) is 65.4 Å². The molecule has 0 aromatic carbocycles. The van der Waals surface area contributed by atoms with E-state index in [0.717, 1.165) is 114 Å². The summed E-state index contributed by atoms with van der Waals surface area (Å²) in [7, 11) is -9.91. The second-order valence-electron chi connectivity index (χ2n) is 28.1. The van der Waals surface area contributed by atoms with Crippen LogP contribution in [0.5, 0.6) is 0 Å². The van der Waals surface area contributed by atoms with E-state index in [0.29, 0.717) is 25.7 Å². The highest BCUT2D eigenvalue weighted by molar-refractivity contribution is 7.47. The Hall–Kier alpha value is -1.94. The number of aliphatic hydroxyl groups excluding tert-OH is 1. The Balaban J connectivity index is 5.28. The van der Waals surface area contributed by atoms with Crippen molar-refractivity contribution >= 4 is 39.5 Å². The van der Waals surface area contributed by atoms with Crippen LogP contribution in [0.4, 0.5) is 0 Å². The van der Waals surface area contributed by atoms with Crippen molar-refractivity contribution in [3.63, 3.8) is 0 Å². The molecule has 7 atom stereocenters. The maximum absolute atomic E-state index is 13.1. The van der Waals surface area contributed by atoms with Crippen LogP contribution >= 0.6 is 15.6 Å². The number of esters is 4. The first-order valence-corrected chi connectivity index (χ1v) is 41.3. The summed E-state index contributed by atoms with van der Waals surface area (Å²) in [5, 5.41) is 10.6. The average Bonchev–Trinajstić information content (AvgIpc) is 2.07. The molecule has 0 bridgehead atoms. The van der Waals surface area contributed by atoms with E-state index in [4.69, 9.17) is 37.0 Å². The van der Waals surface area contributed by atoms with E-state index < -0.39 is 97.5 Å². The molecule has 4 unspecified atom stereocenters. The van der Waals surface area contributed by atoms with Crippen LogP contribution in [0.15, 0.2) is 0 Å². The fourth-order valence-electron chi connectivity index (χ4n) is 11.1. The number of aliphatic hydroxyl groups is 1. The highest BCUT2D eigenvalue weighted by Gasteiger charge is 2.30. The summed E-state index contributed by atoms with van der Waals surface area (Å²) in [5.74, 6) is 0.981. The first-order chi connectivity index (χ1) is 44.7. The van der Waals surface area contributed by atoms with E-state index in [9.17, 15) is 43.2 Å². The molecule has 552 valence electrons. The van der Waals surface area contributed by atoms with Crippen LogP contribution in [0.2, 0.25) is 0 Å². The molecule has 0 amide bonds. The van der Waals surface area contributed by atoms with E-state index in [2.05, 4.69) is 55.4 Å². The minimum Gasteiger partial charge on any atom is -0.462 e. The third-order valence-corrected chi connectivity index (χ3v) is 19.7. The van der Waals surface area contributed by atoms with Crippen LogP contribution in [-0.4, -0.2) is 96.7 Å². The molecule has 0 saturated carbocycles. The van der Waals surface area contributed by atoms with Crippen LogP contribution in [0.25, 0.3) is 0 Å². The monoisotopic (exact) mass is 1370 g/mol. The van der Waals surface area contributed by atoms with Gasteiger partial charge in [-0.3, -0.25) is 37.3 Å². The van der Waals surface area contributed by atoms with Gasteiger partial charge in [-0.2, -0.15) is 0 Å². The molecule has 3 N–H and O–H groups in total. The lowest BCUT2D eigenvalue weighted by atomic mass is 9.99. The lowest BCUT2D eigenvalue weighted by Crippen LogP contribution is -2.30. The van der Waals surface area contributed by atoms with Gasteiger partial charge in [-0.25, -0.2) is 9.13 Å². The minimum absolute atomic E-state index is 0.105. The number of hydrogen-bond donors (Lipinski definition) is 3. The Labute approximate surface area is 568 Å². The zero-order chi connectivity index (χ0) is 68.9. The normalized spacial score (nSPS) is 14.8. The number of phosphoric ester groups is 2. The summed E-state index contributed by atoms with van der Waals surface area (Å²) in [4.78, 5) is 72.8. The van der Waals surface area contributed by atoms with Gasteiger partial charge in [-0.05, 0) is 49.4 Å². The summed E-state index contributed by atoms with van der Waals surface area (Å²) >= 11 is 0. The maximum Gasteiger partial charge on any atom is 0.472 e. The summed E-state index contributed by atoms with van der Waals surface area (Å²) < 4.78 is 68.5. The van der Waals surface area contributed by atoms with Gasteiger partial charge in [-0.1, -0.05) is 319 Å². The molecule has 0 spiro atoms. The molecule has 0 aliphatic carbocycles. The second kappa shape index (κ2) is 63.5. The number of carbonyl (C=O) groups is 4. The van der Waals surface area contributed by atoms with Crippen LogP contribution in [0.3, 0.4) is 0 Å². The smallest absolute Gasteiger partial charge is 0.462 e. The van der Waals surface area contributed by atoms with E-state index in [1.807, 2.05) is 0 Å². The van der Waals surface area contributed by atoms with Crippen molar-refractivity contribution in [1.82, 2.24) is 0 Å². The highest BCUT2D eigenvalue weighted by Crippen LogP contribution is 2.45. The zero-order valence-electron chi connectivity index (χ0n) is 60.9. The molecule has 93 heavy (non-hydrogen) atoms. The van der Waals surface area contributed by atoms with Gasteiger partial charge in [0.2, 0.25) is 0 Å². The van der Waals surface area contributed by atoms with Crippen LogP contribution in [0, 0.1) is 23.7 Å². The largest absolute Gasteiger partial charge is 0.472 e. The lowest BCUT2D eigenvalue weighted by molar-refractivity contribution is -0.161. The standard InChI is InChI=1S/C74H144O17P2/c1-9-66(7)52-44-36-28-20-15-17-21-30-38-46-54-71(76)84-60-69(90-73(78)56-48-40-32-22-13-11-12-18-26-34-42-50-64(3)4)62-88-92(80,81)86-58-68(75)59-87-93(82,83)89-63-70(61-85-72(77)55-47-39-31-25-24-29-37-45-53-67(8)10-2)91-74(79)57-49-41-33-23-16-14-19-27-35-43-51-65(5)6/h64-70,75H,9-63H2,1-8H3,(H,80,81)(H,82,83)/t66?,67?,68-,69-,70-/m1/s1. The predicted molar refractivity (Wildman–Crippen MR) is 377 cm³/mol. The van der Waals surface area contributed by atoms with Crippen molar-refractivity contribution in [2.24, 2.45) is 23.7 Å². The summed E-state index contributed by atoms with van der Waals surface area (Å²) in [6.07, 6.45) is 47.0. The molecule has 0 heterocycles. The molecular weight excluding hydrogens is 1220 g/mol. The van der Waals surface area contributed by atoms with Crippen molar-refractivity contribution in [3.05, 3.63) is 0 Å². The number of unbranched alkanes of at least 4 members (excludes halogenated alkanes) is 35. The van der Waals surface area contributed by atoms with E-state index in [1.165, 1.54) is 173 Å². The third kappa shape index (κ3) is 65.8. The number of ether oxygens (including phenoxy) is 4. The molecular formula is C74H144O17P2. The summed E-state index contributed by atoms with van der Waals surface area (Å²) in [6.45, 7) is 14.2. The molecule has 0 aromatic rings. The Morgan fingerprint density at radius 3 is 0.763 bits per heavy atom. The zero-order valence-corrected chi connectivity index (χ0v) is 62.7. The van der Waals surface area contributed by atoms with Crippen molar-refractivity contribution in [2.75, 3.05) is 39.6 Å². The second-order valence-corrected chi connectivity index (χ2v) is 31.0. The third-order valence-electron chi connectivity index (χ3n) is 17.8. The number of phosphoric acid groups is 2. The summed E-state index contributed by atoms with van der Waals surface area (Å²) in [6, 6.07) is 0. The Bertz CT molecular complexity index is 1840. The molecule has 0 aliphatic heterocycles. The molecule has 0 aliphatic rings. The fraction of sp³-hybridized carbons (Fsp3) is 0.946. The fourth-order valence-corrected chi connectivity index (χ4v) is 12.7. The Morgan fingerprint density at radius 1 is 0.301 bits per heavy atom. The number of rotatable bonds is 71. The maximum atomic E-state index is 13.1. The molecule has 0 rings (SSSR count). The van der Waals surface area contributed by atoms with Gasteiger partial charge in [0.1, 0.15) is 19.3 Å². The molecule has 0 aromatic heterocycles. The lowest BCUT2D eigenvalue weighted by Gasteiger charge is -2.21. The van der Waals surface area contributed by atoms with E-state index in [1.54, 1.807) is 0 Å². The van der Waals surface area contributed by atoms with E-state index >= 15 is 0 Å². The van der Waals surface area contributed by atoms with E-state index in [-0.39, 0.29) is 25.7 Å². The van der Waals surface area contributed by atoms with Crippen molar-refractivity contribution in [1.29, 1.82) is 0 Å². The van der Waals surface area contributed by atoms with Gasteiger partial charge in [0.15, 0.2) is 12.2 Å². The molecule has 17 nitrogen and oxygen atoms in total. The Morgan fingerprint density at radius 2 is 0.516 bits per heavy atom. The first kappa shape index (κ1) is 91.1. The minimum atomic E-state index is -4.96. The number of carbonyl (C=O) groups excluding carboxylic acids is 4. The molecule has 0 radical (unpaired) electrons. The van der Waals surface area contributed by atoms with Gasteiger partial charge in [0, 0.05) is 25.7 Å². The quantitative estimate of drug-likeness (QED) is 0.0222. The van der Waals surface area contributed by atoms with Gasteiger partial charge in [0.05, 0.1) is 26.4 Å². The molecule has 0 saturated heterocycles. The van der Waals surface area contributed by atoms with Crippen molar-refractivity contribution in [3.8, 4) is 0 Å². The SMILES string of the molecule is CCC(C)CCCCCCCCCCCCC(=O)OC[C@H](COP(=O)(O)OC[C@@H](O)COP(=O)(O)OC[C@@H](COC(=O)CCCCCCCCCCC(C)CC)OC(=O)CCCCCCCCCCCCC(C)C)OC(=O)CCCCCCCCCCCCCC(C)C. The predicted octanol–water partition coefficient (Wildman–Crippen LogP) is 21.3. The highest BCUT2D eigenvalue weighted by atomic mass is 31.2. The Kier molecular flexibility index (Phi) is 62.2. The first-order valence-electron chi connectivity index (χ1n) is 38.3. The van der Waals surface area contributed by atoms with Gasteiger partial charge >= 0.3 is 39.5 Å². The van der Waals surface area contributed by atoms with Gasteiger partial charge < -0.3 is 33.8 Å².